The number of carbonyl (C=O) groups is 2. The fraction of sp³-hybridized carbons (Fsp3) is 0.500. The highest BCUT2D eigenvalue weighted by Gasteiger charge is 2.34. The average Bonchev–Trinajstić information content (AvgIpc) is 2.82. The molecule has 0 radical (unpaired) electrons. The van der Waals surface area contributed by atoms with E-state index in [1.54, 1.807) is 6.07 Å². The normalized spacial score (nSPS) is 12.5. The van der Waals surface area contributed by atoms with E-state index < -0.39 is 28.7 Å². The van der Waals surface area contributed by atoms with E-state index in [0.717, 1.165) is 30.9 Å². The highest BCUT2D eigenvalue weighted by atomic mass is 32.2. The number of anilines is 1. The molecule has 0 aliphatic rings. The number of hydrogen-bond acceptors (Lipinski definition) is 4. The summed E-state index contributed by atoms with van der Waals surface area (Å²) in [4.78, 5) is 28.7. The maximum Gasteiger partial charge on any atom is 0.304 e. The van der Waals surface area contributed by atoms with Gasteiger partial charge in [-0.3, -0.25) is 9.59 Å². The van der Waals surface area contributed by atoms with Crippen LogP contribution in [0.1, 0.15) is 49.4 Å². The summed E-state index contributed by atoms with van der Waals surface area (Å²) in [6.45, 7) is 11.8. The molecule has 2 amide bonds. The van der Waals surface area contributed by atoms with Crippen LogP contribution in [-0.2, 0) is 26.3 Å². The Hall–Kier alpha value is -2.91. The van der Waals surface area contributed by atoms with E-state index in [0.29, 0.717) is 18.7 Å². The summed E-state index contributed by atoms with van der Waals surface area (Å²) < 4.78 is 29.1. The van der Waals surface area contributed by atoms with Crippen LogP contribution in [0.25, 0.3) is 0 Å². The summed E-state index contributed by atoms with van der Waals surface area (Å²) in [5.74, 6) is -0.433. The maximum absolute atomic E-state index is 13.9. The van der Waals surface area contributed by atoms with Crippen LogP contribution < -0.4 is 9.62 Å². The Labute approximate surface area is 222 Å². The fourth-order valence-corrected chi connectivity index (χ4v) is 5.15. The zero-order valence-corrected chi connectivity index (χ0v) is 24.2. The van der Waals surface area contributed by atoms with Crippen molar-refractivity contribution < 1.29 is 18.0 Å². The number of rotatable bonds is 12. The molecule has 8 nitrogen and oxygen atoms in total. The van der Waals surface area contributed by atoms with Crippen molar-refractivity contribution >= 4 is 27.7 Å². The lowest BCUT2D eigenvalue weighted by Gasteiger charge is -2.34. The third kappa shape index (κ3) is 8.04. The summed E-state index contributed by atoms with van der Waals surface area (Å²) in [7, 11) is -1.11. The summed E-state index contributed by atoms with van der Waals surface area (Å²) >= 11 is 0. The van der Waals surface area contributed by atoms with E-state index in [2.05, 4.69) is 5.32 Å². The fourth-order valence-electron chi connectivity index (χ4n) is 4.04. The van der Waals surface area contributed by atoms with Gasteiger partial charge in [-0.15, -0.1) is 0 Å². The largest absolute Gasteiger partial charge is 0.354 e. The average molecular weight is 531 g/mol. The van der Waals surface area contributed by atoms with Gasteiger partial charge in [-0.25, -0.2) is 4.31 Å². The molecule has 0 aliphatic heterocycles. The molecule has 0 saturated heterocycles. The van der Waals surface area contributed by atoms with Crippen molar-refractivity contribution in [2.75, 3.05) is 31.5 Å². The minimum absolute atomic E-state index is 0.191. The van der Waals surface area contributed by atoms with Crippen molar-refractivity contribution in [2.24, 2.45) is 5.92 Å². The second-order valence-electron chi connectivity index (χ2n) is 10.2. The molecule has 1 N–H and O–H groups in total. The lowest BCUT2D eigenvalue weighted by atomic mass is 10.1. The number of hydrogen-bond donors (Lipinski definition) is 1. The molecule has 1 atom stereocenters. The molecule has 2 aromatic carbocycles. The number of aryl methyl sites for hydroxylation is 3. The summed E-state index contributed by atoms with van der Waals surface area (Å²) in [5, 5.41) is 2.94. The molecule has 0 bridgehead atoms. The molecular formula is C28H42N4O4S. The van der Waals surface area contributed by atoms with Crippen molar-refractivity contribution in [3.05, 3.63) is 64.7 Å². The number of nitrogens with zero attached hydrogens (tertiary/aromatic N) is 3. The van der Waals surface area contributed by atoms with Crippen LogP contribution in [0.2, 0.25) is 0 Å². The first-order valence-corrected chi connectivity index (χ1v) is 14.1. The van der Waals surface area contributed by atoms with E-state index in [-0.39, 0.29) is 18.4 Å². The SMILES string of the molecule is CC[C@@H](C(=O)NCC(C)C)N(Cc1cccc(C)c1)C(=O)CN(c1cc(C)ccc1C)S(=O)(=O)N(C)C. The van der Waals surface area contributed by atoms with Crippen molar-refractivity contribution in [3.8, 4) is 0 Å². The first-order chi connectivity index (χ1) is 17.3. The second kappa shape index (κ2) is 13.1. The Morgan fingerprint density at radius 2 is 1.62 bits per heavy atom. The molecule has 0 unspecified atom stereocenters. The third-order valence-electron chi connectivity index (χ3n) is 6.16. The quantitative estimate of drug-likeness (QED) is 0.452. The summed E-state index contributed by atoms with van der Waals surface area (Å²) in [6.07, 6.45) is 0.394. The van der Waals surface area contributed by atoms with E-state index in [1.165, 1.54) is 19.0 Å². The van der Waals surface area contributed by atoms with Gasteiger partial charge in [0.25, 0.3) is 0 Å². The zero-order chi connectivity index (χ0) is 27.9. The van der Waals surface area contributed by atoms with Gasteiger partial charge >= 0.3 is 10.2 Å². The van der Waals surface area contributed by atoms with Gasteiger partial charge < -0.3 is 10.2 Å². The zero-order valence-electron chi connectivity index (χ0n) is 23.4. The predicted molar refractivity (Wildman–Crippen MR) is 150 cm³/mol. The highest BCUT2D eigenvalue weighted by Crippen LogP contribution is 2.26. The van der Waals surface area contributed by atoms with Crippen LogP contribution in [0.15, 0.2) is 42.5 Å². The van der Waals surface area contributed by atoms with Gasteiger partial charge in [0, 0.05) is 27.2 Å². The third-order valence-corrected chi connectivity index (χ3v) is 7.96. The molecule has 9 heteroatoms. The second-order valence-corrected chi connectivity index (χ2v) is 12.2. The minimum atomic E-state index is -3.99. The van der Waals surface area contributed by atoms with Gasteiger partial charge in [-0.1, -0.05) is 62.7 Å². The van der Waals surface area contributed by atoms with E-state index in [1.807, 2.05) is 77.9 Å². The first kappa shape index (κ1) is 30.3. The Balaban J connectivity index is 2.54. The molecule has 37 heavy (non-hydrogen) atoms. The van der Waals surface area contributed by atoms with E-state index in [9.17, 15) is 18.0 Å². The lowest BCUT2D eigenvalue weighted by molar-refractivity contribution is -0.140. The molecule has 2 rings (SSSR count). The van der Waals surface area contributed by atoms with Crippen molar-refractivity contribution in [2.45, 2.75) is 60.5 Å². The van der Waals surface area contributed by atoms with Crippen molar-refractivity contribution in [1.82, 2.24) is 14.5 Å². The van der Waals surface area contributed by atoms with E-state index >= 15 is 0 Å². The smallest absolute Gasteiger partial charge is 0.304 e. The standard InChI is InChI=1S/C28H42N4O4S/c1-9-25(28(34)29-17-20(2)3)31(18-24-12-10-11-21(4)15-24)27(33)19-32(37(35,36)30(7)8)26-16-22(5)13-14-23(26)6/h10-16,20,25H,9,17-19H2,1-8H3,(H,29,34)/t25-/m0/s1. The summed E-state index contributed by atoms with van der Waals surface area (Å²) in [5.41, 5.74) is 3.96. The minimum Gasteiger partial charge on any atom is -0.354 e. The predicted octanol–water partition coefficient (Wildman–Crippen LogP) is 3.80. The molecule has 0 aromatic heterocycles. The molecule has 204 valence electrons. The van der Waals surface area contributed by atoms with Crippen LogP contribution in [0.4, 0.5) is 5.69 Å². The van der Waals surface area contributed by atoms with Crippen molar-refractivity contribution in [3.63, 3.8) is 0 Å². The van der Waals surface area contributed by atoms with Gasteiger partial charge in [-0.2, -0.15) is 12.7 Å². The Morgan fingerprint density at radius 3 is 2.19 bits per heavy atom. The topological polar surface area (TPSA) is 90.0 Å². The Kier molecular flexibility index (Phi) is 10.7. The maximum atomic E-state index is 13.9. The van der Waals surface area contributed by atoms with Crippen LogP contribution in [0, 0.1) is 26.7 Å². The number of benzene rings is 2. The number of carbonyl (C=O) groups excluding carboxylic acids is 2. The number of nitrogens with one attached hydrogen (secondary N) is 1. The molecule has 0 saturated carbocycles. The van der Waals surface area contributed by atoms with Crippen LogP contribution >= 0.6 is 0 Å². The molecule has 0 aliphatic carbocycles. The molecule has 0 spiro atoms. The van der Waals surface area contributed by atoms with Crippen LogP contribution in [0.3, 0.4) is 0 Å². The van der Waals surface area contributed by atoms with Crippen molar-refractivity contribution in [1.29, 1.82) is 0 Å². The molecule has 2 aromatic rings. The van der Waals surface area contributed by atoms with E-state index in [4.69, 9.17) is 0 Å². The van der Waals surface area contributed by atoms with Crippen LogP contribution in [-0.4, -0.2) is 62.7 Å². The lowest BCUT2D eigenvalue weighted by Crippen LogP contribution is -2.53. The number of amides is 2. The van der Waals surface area contributed by atoms with Gasteiger partial charge in [0.1, 0.15) is 12.6 Å². The van der Waals surface area contributed by atoms with Gasteiger partial charge in [-0.05, 0) is 55.9 Å². The molecule has 0 fully saturated rings. The monoisotopic (exact) mass is 530 g/mol. The molecule has 0 heterocycles. The van der Waals surface area contributed by atoms with Gasteiger partial charge in [0.15, 0.2) is 0 Å². The first-order valence-electron chi connectivity index (χ1n) is 12.7. The Morgan fingerprint density at radius 1 is 0.973 bits per heavy atom. The Bertz CT molecular complexity index is 1190. The molecular weight excluding hydrogens is 488 g/mol. The highest BCUT2D eigenvalue weighted by molar-refractivity contribution is 7.90. The van der Waals surface area contributed by atoms with Crippen LogP contribution in [0.5, 0.6) is 0 Å². The summed E-state index contributed by atoms with van der Waals surface area (Å²) in [6, 6.07) is 12.5. The van der Waals surface area contributed by atoms with Gasteiger partial charge in [0.05, 0.1) is 5.69 Å². The van der Waals surface area contributed by atoms with Gasteiger partial charge in [0.2, 0.25) is 11.8 Å².